The number of aromatic amines is 1. The number of H-pyrrole nitrogens is 1. The summed E-state index contributed by atoms with van der Waals surface area (Å²) >= 11 is 0. The average molecular weight is 527 g/mol. The first kappa shape index (κ1) is 23.8. The minimum absolute atomic E-state index is 0.537. The number of hydrogen-bond acceptors (Lipinski definition) is 0. The number of hydrogen-bond donors (Lipinski definition) is 1. The molecule has 41 heavy (non-hydrogen) atoms. The van der Waals surface area contributed by atoms with Crippen LogP contribution in [0.25, 0.3) is 71.6 Å². The fourth-order valence-electron chi connectivity index (χ4n) is 6.32. The van der Waals surface area contributed by atoms with Gasteiger partial charge in [0.2, 0.25) is 0 Å². The van der Waals surface area contributed by atoms with Crippen LogP contribution in [-0.4, -0.2) is 9.55 Å². The molecule has 0 spiro atoms. The first-order valence-electron chi connectivity index (χ1n) is 14.4. The monoisotopic (exact) mass is 526 g/mol. The van der Waals surface area contributed by atoms with Gasteiger partial charge >= 0.3 is 0 Å². The molecule has 0 unspecified atom stereocenters. The van der Waals surface area contributed by atoms with E-state index in [2.05, 4.69) is 157 Å². The Morgan fingerprint density at radius 1 is 0.463 bits per heavy atom. The molecular weight excluding hydrogens is 496 g/mol. The van der Waals surface area contributed by atoms with E-state index >= 15 is 0 Å². The summed E-state index contributed by atoms with van der Waals surface area (Å²) in [4.78, 5) is 3.62. The van der Waals surface area contributed by atoms with E-state index in [1.807, 2.05) is 0 Å². The van der Waals surface area contributed by atoms with E-state index in [0.717, 1.165) is 5.52 Å². The van der Waals surface area contributed by atoms with Gasteiger partial charge in [-0.15, -0.1) is 0 Å². The minimum atomic E-state index is 0.537. The number of nitrogens with one attached hydrogen (secondary N) is 1. The summed E-state index contributed by atoms with van der Waals surface area (Å²) in [5.41, 5.74) is 12.3. The van der Waals surface area contributed by atoms with Crippen molar-refractivity contribution in [2.75, 3.05) is 0 Å². The molecule has 0 saturated heterocycles. The summed E-state index contributed by atoms with van der Waals surface area (Å²) in [7, 11) is 0. The molecule has 2 heterocycles. The van der Waals surface area contributed by atoms with Gasteiger partial charge in [0.1, 0.15) is 0 Å². The van der Waals surface area contributed by atoms with Crippen LogP contribution in [0.3, 0.4) is 0 Å². The molecule has 0 saturated carbocycles. The fraction of sp³-hybridized carbons (Fsp3) is 0.0769. The topological polar surface area (TPSA) is 20.7 Å². The Morgan fingerprint density at radius 3 is 1.44 bits per heavy atom. The molecule has 6 aromatic carbocycles. The lowest BCUT2D eigenvalue weighted by Crippen LogP contribution is -1.93. The Labute approximate surface area is 239 Å². The molecule has 2 nitrogen and oxygen atoms in total. The molecule has 0 aliphatic carbocycles. The van der Waals surface area contributed by atoms with E-state index in [1.54, 1.807) is 0 Å². The molecule has 0 radical (unpaired) electrons. The summed E-state index contributed by atoms with van der Waals surface area (Å²) in [5.74, 6) is 0.537. The van der Waals surface area contributed by atoms with Gasteiger partial charge in [0.15, 0.2) is 0 Å². The van der Waals surface area contributed by atoms with E-state index in [-0.39, 0.29) is 0 Å². The van der Waals surface area contributed by atoms with Gasteiger partial charge in [-0.2, -0.15) is 0 Å². The highest BCUT2D eigenvalue weighted by molar-refractivity contribution is 6.10. The van der Waals surface area contributed by atoms with Crippen molar-refractivity contribution < 1.29 is 0 Å². The van der Waals surface area contributed by atoms with Crippen LogP contribution < -0.4 is 0 Å². The maximum atomic E-state index is 3.62. The van der Waals surface area contributed by atoms with Gasteiger partial charge in [-0.05, 0) is 82.3 Å². The lowest BCUT2D eigenvalue weighted by molar-refractivity contribution is 0.867. The van der Waals surface area contributed by atoms with E-state index in [4.69, 9.17) is 0 Å². The second-order valence-electron chi connectivity index (χ2n) is 11.3. The highest BCUT2D eigenvalue weighted by atomic mass is 15.0. The van der Waals surface area contributed by atoms with E-state index in [0.29, 0.717) is 5.92 Å². The molecule has 0 bridgehead atoms. The Morgan fingerprint density at radius 2 is 0.927 bits per heavy atom. The quantitative estimate of drug-likeness (QED) is 0.235. The first-order valence-corrected chi connectivity index (χ1v) is 14.4. The molecule has 1 N–H and O–H groups in total. The standard InChI is InChI=1S/C39H30N2/c1-25(2)26-11-13-27(14-12-26)29-17-21-36-34(23-29)35-24-30(18-22-37(35)40-36)28-15-19-31(20-16-28)41-38-9-5-3-7-32(38)33-8-4-6-10-39(33)41/h3-25,40H,1-2H3. The summed E-state index contributed by atoms with van der Waals surface area (Å²) in [6.07, 6.45) is 0. The van der Waals surface area contributed by atoms with Crippen LogP contribution in [0.2, 0.25) is 0 Å². The number of aromatic nitrogens is 2. The molecule has 0 atom stereocenters. The van der Waals surface area contributed by atoms with Gasteiger partial charge in [0.05, 0.1) is 11.0 Å². The zero-order chi connectivity index (χ0) is 27.5. The first-order chi connectivity index (χ1) is 20.1. The normalized spacial score (nSPS) is 11.9. The van der Waals surface area contributed by atoms with Crippen molar-refractivity contribution in [1.82, 2.24) is 9.55 Å². The van der Waals surface area contributed by atoms with Crippen molar-refractivity contribution >= 4 is 43.6 Å². The highest BCUT2D eigenvalue weighted by Gasteiger charge is 2.12. The predicted octanol–water partition coefficient (Wildman–Crippen LogP) is 10.9. The molecule has 196 valence electrons. The highest BCUT2D eigenvalue weighted by Crippen LogP contribution is 2.35. The molecular formula is C39H30N2. The van der Waals surface area contributed by atoms with Crippen molar-refractivity contribution in [1.29, 1.82) is 0 Å². The number of nitrogens with zero attached hydrogens (tertiary/aromatic N) is 1. The van der Waals surface area contributed by atoms with E-state index in [9.17, 15) is 0 Å². The molecule has 8 rings (SSSR count). The third-order valence-corrected chi connectivity index (χ3v) is 8.55. The zero-order valence-electron chi connectivity index (χ0n) is 23.2. The lowest BCUT2D eigenvalue weighted by Gasteiger charge is -2.09. The number of benzene rings is 6. The molecule has 0 aliphatic heterocycles. The lowest BCUT2D eigenvalue weighted by atomic mass is 9.97. The molecule has 2 heteroatoms. The SMILES string of the molecule is CC(C)c1ccc(-c2ccc3[nH]c4ccc(-c5ccc(-n6c7ccccc7c7ccccc76)cc5)cc4c3c2)cc1. The predicted molar refractivity (Wildman–Crippen MR) is 175 cm³/mol. The number of rotatable bonds is 4. The Bertz CT molecular complexity index is 2150. The van der Waals surface area contributed by atoms with Crippen LogP contribution in [0.5, 0.6) is 0 Å². The maximum Gasteiger partial charge on any atom is 0.0541 e. The third kappa shape index (κ3) is 3.87. The van der Waals surface area contributed by atoms with E-state index in [1.165, 1.54) is 71.6 Å². The molecule has 8 aromatic rings. The van der Waals surface area contributed by atoms with Crippen LogP contribution in [0.15, 0.2) is 133 Å². The van der Waals surface area contributed by atoms with Crippen LogP contribution in [0.4, 0.5) is 0 Å². The van der Waals surface area contributed by atoms with Crippen LogP contribution in [-0.2, 0) is 0 Å². The van der Waals surface area contributed by atoms with Crippen molar-refractivity contribution in [2.24, 2.45) is 0 Å². The molecule has 2 aromatic heterocycles. The summed E-state index contributed by atoms with van der Waals surface area (Å²) in [6, 6.07) is 48.8. The van der Waals surface area contributed by atoms with Crippen LogP contribution >= 0.6 is 0 Å². The van der Waals surface area contributed by atoms with Gasteiger partial charge in [-0.1, -0.05) is 98.8 Å². The van der Waals surface area contributed by atoms with Gasteiger partial charge in [-0.25, -0.2) is 0 Å². The Kier molecular flexibility index (Phi) is 5.36. The van der Waals surface area contributed by atoms with E-state index < -0.39 is 0 Å². The summed E-state index contributed by atoms with van der Waals surface area (Å²) in [5, 5.41) is 5.08. The summed E-state index contributed by atoms with van der Waals surface area (Å²) in [6.45, 7) is 4.48. The molecule has 0 fully saturated rings. The minimum Gasteiger partial charge on any atom is -0.355 e. The van der Waals surface area contributed by atoms with Gasteiger partial charge in [0, 0.05) is 38.3 Å². The van der Waals surface area contributed by atoms with Crippen molar-refractivity contribution in [3.8, 4) is 27.9 Å². The zero-order valence-corrected chi connectivity index (χ0v) is 23.2. The molecule has 0 aliphatic rings. The van der Waals surface area contributed by atoms with Gasteiger partial charge in [0.25, 0.3) is 0 Å². The Balaban J connectivity index is 1.19. The van der Waals surface area contributed by atoms with Crippen molar-refractivity contribution in [2.45, 2.75) is 19.8 Å². The Hall–Kier alpha value is -5.08. The van der Waals surface area contributed by atoms with Crippen molar-refractivity contribution in [3.05, 3.63) is 139 Å². The number of para-hydroxylation sites is 2. The molecule has 0 amide bonds. The largest absolute Gasteiger partial charge is 0.355 e. The maximum absolute atomic E-state index is 3.62. The average Bonchev–Trinajstić information content (AvgIpc) is 3.56. The number of fused-ring (bicyclic) bond motifs is 6. The summed E-state index contributed by atoms with van der Waals surface area (Å²) < 4.78 is 2.37. The second kappa shape index (κ2) is 9.25. The van der Waals surface area contributed by atoms with Gasteiger partial charge in [-0.3, -0.25) is 0 Å². The second-order valence-corrected chi connectivity index (χ2v) is 11.3. The smallest absolute Gasteiger partial charge is 0.0541 e. The van der Waals surface area contributed by atoms with Crippen LogP contribution in [0.1, 0.15) is 25.3 Å². The fourth-order valence-corrected chi connectivity index (χ4v) is 6.32. The van der Waals surface area contributed by atoms with Crippen LogP contribution in [0, 0.1) is 0 Å². The van der Waals surface area contributed by atoms with Gasteiger partial charge < -0.3 is 9.55 Å². The van der Waals surface area contributed by atoms with Crippen molar-refractivity contribution in [3.63, 3.8) is 0 Å². The third-order valence-electron chi connectivity index (χ3n) is 8.55.